The van der Waals surface area contributed by atoms with Gasteiger partial charge in [-0.2, -0.15) is 0 Å². The predicted molar refractivity (Wildman–Crippen MR) is 83.6 cm³/mol. The minimum Gasteiger partial charge on any atom is -0.309 e. The first-order valence-corrected chi connectivity index (χ1v) is 8.57. The maximum Gasteiger partial charge on any atom is 0.236 e. The topological polar surface area (TPSA) is 85.6 Å². The molecular formula is C12H18N6OS2. The molecule has 0 fully saturated rings. The molecule has 0 aromatic carbocycles. The van der Waals surface area contributed by atoms with Crippen LogP contribution in [0.25, 0.3) is 0 Å². The van der Waals surface area contributed by atoms with E-state index in [0.29, 0.717) is 5.13 Å². The quantitative estimate of drug-likeness (QED) is 0.782. The van der Waals surface area contributed by atoms with Gasteiger partial charge in [0.2, 0.25) is 11.0 Å². The SMILES string of the molecule is CCCc1nnc(SCC(=O)Nc2nnc(CC)s2)n1C. The summed E-state index contributed by atoms with van der Waals surface area (Å²) < 4.78 is 1.93. The number of aromatic nitrogens is 5. The summed E-state index contributed by atoms with van der Waals surface area (Å²) in [6.45, 7) is 4.10. The molecule has 2 aromatic rings. The number of carbonyl (C=O) groups is 1. The third-order valence-corrected chi connectivity index (χ3v) is 4.75. The molecule has 9 heteroatoms. The van der Waals surface area contributed by atoms with Gasteiger partial charge in [-0.25, -0.2) is 0 Å². The van der Waals surface area contributed by atoms with E-state index in [0.717, 1.165) is 35.3 Å². The van der Waals surface area contributed by atoms with Gasteiger partial charge in [0.25, 0.3) is 0 Å². The number of nitrogens with zero attached hydrogens (tertiary/aromatic N) is 5. The fourth-order valence-corrected chi connectivity index (χ4v) is 3.07. The molecule has 2 aromatic heterocycles. The van der Waals surface area contributed by atoms with Crippen LogP contribution < -0.4 is 5.32 Å². The Kier molecular flexibility index (Phi) is 5.68. The van der Waals surface area contributed by atoms with Gasteiger partial charge in [0.15, 0.2) is 5.16 Å². The molecule has 0 saturated heterocycles. The summed E-state index contributed by atoms with van der Waals surface area (Å²) in [4.78, 5) is 11.9. The summed E-state index contributed by atoms with van der Waals surface area (Å²) in [5.74, 6) is 1.11. The van der Waals surface area contributed by atoms with Crippen molar-refractivity contribution < 1.29 is 4.79 Å². The Morgan fingerprint density at radius 1 is 1.29 bits per heavy atom. The monoisotopic (exact) mass is 326 g/mol. The van der Waals surface area contributed by atoms with Crippen molar-refractivity contribution in [1.29, 1.82) is 0 Å². The Bertz CT molecular complexity index is 609. The Morgan fingerprint density at radius 3 is 2.76 bits per heavy atom. The molecule has 0 radical (unpaired) electrons. The first-order chi connectivity index (χ1) is 10.1. The molecule has 0 unspecified atom stereocenters. The molecule has 0 aliphatic carbocycles. The molecule has 0 aliphatic heterocycles. The number of nitrogens with one attached hydrogen (secondary N) is 1. The van der Waals surface area contributed by atoms with Crippen molar-refractivity contribution in [2.75, 3.05) is 11.1 Å². The first-order valence-electron chi connectivity index (χ1n) is 6.77. The first kappa shape index (κ1) is 15.9. The molecule has 0 atom stereocenters. The lowest BCUT2D eigenvalue weighted by Gasteiger charge is -2.02. The highest BCUT2D eigenvalue weighted by Gasteiger charge is 2.12. The molecule has 2 heterocycles. The lowest BCUT2D eigenvalue weighted by molar-refractivity contribution is -0.113. The lowest BCUT2D eigenvalue weighted by atomic mass is 10.3. The van der Waals surface area contributed by atoms with Crippen molar-refractivity contribution in [2.45, 2.75) is 38.3 Å². The van der Waals surface area contributed by atoms with Gasteiger partial charge in [-0.3, -0.25) is 10.1 Å². The van der Waals surface area contributed by atoms with Crippen molar-refractivity contribution in [1.82, 2.24) is 25.0 Å². The second-order valence-corrected chi connectivity index (χ2v) is 6.40. The van der Waals surface area contributed by atoms with E-state index in [-0.39, 0.29) is 11.7 Å². The Hall–Kier alpha value is -1.48. The number of amides is 1. The van der Waals surface area contributed by atoms with Crippen molar-refractivity contribution >= 4 is 34.1 Å². The largest absolute Gasteiger partial charge is 0.309 e. The Labute approximate surface area is 131 Å². The molecule has 0 spiro atoms. The molecule has 1 N–H and O–H groups in total. The number of rotatable bonds is 7. The second kappa shape index (κ2) is 7.51. The molecule has 0 bridgehead atoms. The van der Waals surface area contributed by atoms with Crippen molar-refractivity contribution in [3.8, 4) is 0 Å². The van der Waals surface area contributed by atoms with Crippen molar-refractivity contribution in [3.63, 3.8) is 0 Å². The highest BCUT2D eigenvalue weighted by molar-refractivity contribution is 7.99. The number of aryl methyl sites for hydroxylation is 2. The summed E-state index contributed by atoms with van der Waals surface area (Å²) in [6.07, 6.45) is 2.73. The number of thioether (sulfide) groups is 1. The predicted octanol–water partition coefficient (Wildman–Crippen LogP) is 1.91. The van der Waals surface area contributed by atoms with E-state index in [1.54, 1.807) is 0 Å². The summed E-state index contributed by atoms with van der Waals surface area (Å²) in [5, 5.41) is 21.1. The van der Waals surface area contributed by atoms with Crippen LogP contribution in [0.15, 0.2) is 5.16 Å². The number of hydrogen-bond donors (Lipinski definition) is 1. The lowest BCUT2D eigenvalue weighted by Crippen LogP contribution is -2.14. The summed E-state index contributed by atoms with van der Waals surface area (Å²) in [5.41, 5.74) is 0. The van der Waals surface area contributed by atoms with Gasteiger partial charge in [0.1, 0.15) is 10.8 Å². The molecular weight excluding hydrogens is 308 g/mol. The summed E-state index contributed by atoms with van der Waals surface area (Å²) in [6, 6.07) is 0. The van der Waals surface area contributed by atoms with Crippen LogP contribution in [0.3, 0.4) is 0 Å². The van der Waals surface area contributed by atoms with Gasteiger partial charge < -0.3 is 4.57 Å². The van der Waals surface area contributed by atoms with E-state index in [1.807, 2.05) is 18.5 Å². The molecule has 7 nitrogen and oxygen atoms in total. The average Bonchev–Trinajstić information content (AvgIpc) is 3.05. The van der Waals surface area contributed by atoms with E-state index < -0.39 is 0 Å². The van der Waals surface area contributed by atoms with Gasteiger partial charge in [0, 0.05) is 13.5 Å². The average molecular weight is 326 g/mol. The maximum atomic E-state index is 11.9. The van der Waals surface area contributed by atoms with Crippen LogP contribution in [-0.2, 0) is 24.7 Å². The summed E-state index contributed by atoms with van der Waals surface area (Å²) in [7, 11) is 1.92. The fourth-order valence-electron chi connectivity index (χ4n) is 1.64. The molecule has 114 valence electrons. The highest BCUT2D eigenvalue weighted by Crippen LogP contribution is 2.18. The fraction of sp³-hybridized carbons (Fsp3) is 0.583. The van der Waals surface area contributed by atoms with Crippen LogP contribution in [0.4, 0.5) is 5.13 Å². The summed E-state index contributed by atoms with van der Waals surface area (Å²) >= 11 is 2.77. The van der Waals surface area contributed by atoms with Crippen LogP contribution in [0.1, 0.15) is 31.1 Å². The van der Waals surface area contributed by atoms with Crippen LogP contribution in [0, 0.1) is 0 Å². The minimum atomic E-state index is -0.112. The standard InChI is InChI=1S/C12H18N6OS2/c1-4-6-8-14-17-12(18(8)3)20-7-9(19)13-11-16-15-10(5-2)21-11/h4-7H2,1-3H3,(H,13,16,19). The zero-order valence-corrected chi connectivity index (χ0v) is 13.9. The molecule has 1 amide bonds. The number of anilines is 1. The highest BCUT2D eigenvalue weighted by atomic mass is 32.2. The van der Waals surface area contributed by atoms with E-state index in [9.17, 15) is 4.79 Å². The molecule has 0 saturated carbocycles. The van der Waals surface area contributed by atoms with E-state index in [1.165, 1.54) is 23.1 Å². The van der Waals surface area contributed by atoms with Crippen LogP contribution in [-0.4, -0.2) is 36.6 Å². The van der Waals surface area contributed by atoms with Gasteiger partial charge >= 0.3 is 0 Å². The molecule has 0 aliphatic rings. The van der Waals surface area contributed by atoms with Gasteiger partial charge in [-0.15, -0.1) is 20.4 Å². The normalized spacial score (nSPS) is 10.8. The van der Waals surface area contributed by atoms with Crippen molar-refractivity contribution in [2.24, 2.45) is 7.05 Å². The van der Waals surface area contributed by atoms with Crippen LogP contribution in [0.5, 0.6) is 0 Å². The van der Waals surface area contributed by atoms with Crippen molar-refractivity contribution in [3.05, 3.63) is 10.8 Å². The van der Waals surface area contributed by atoms with E-state index >= 15 is 0 Å². The maximum absolute atomic E-state index is 11.9. The second-order valence-electron chi connectivity index (χ2n) is 4.40. The Balaban J connectivity index is 1.86. The van der Waals surface area contributed by atoms with E-state index in [4.69, 9.17) is 0 Å². The number of carbonyl (C=O) groups excluding carboxylic acids is 1. The number of hydrogen-bond acceptors (Lipinski definition) is 7. The Morgan fingerprint density at radius 2 is 2.10 bits per heavy atom. The van der Waals surface area contributed by atoms with Crippen LogP contribution >= 0.6 is 23.1 Å². The smallest absolute Gasteiger partial charge is 0.236 e. The molecule has 21 heavy (non-hydrogen) atoms. The third kappa shape index (κ3) is 4.24. The van der Waals surface area contributed by atoms with Gasteiger partial charge in [-0.05, 0) is 12.8 Å². The van der Waals surface area contributed by atoms with Gasteiger partial charge in [0.05, 0.1) is 5.75 Å². The third-order valence-electron chi connectivity index (χ3n) is 2.75. The zero-order valence-electron chi connectivity index (χ0n) is 12.3. The molecule has 2 rings (SSSR count). The van der Waals surface area contributed by atoms with Gasteiger partial charge in [-0.1, -0.05) is 36.9 Å². The van der Waals surface area contributed by atoms with Crippen LogP contribution in [0.2, 0.25) is 0 Å². The van der Waals surface area contributed by atoms with E-state index in [2.05, 4.69) is 32.6 Å². The minimum absolute atomic E-state index is 0.112. The zero-order chi connectivity index (χ0) is 15.2.